The van der Waals surface area contributed by atoms with Gasteiger partial charge in [-0.1, -0.05) is 0 Å². The summed E-state index contributed by atoms with van der Waals surface area (Å²) in [6, 6.07) is 0. The summed E-state index contributed by atoms with van der Waals surface area (Å²) < 4.78 is 0. The first-order valence-corrected chi connectivity index (χ1v) is 5.45. The lowest BCUT2D eigenvalue weighted by Crippen LogP contribution is -2.49. The molecule has 0 heterocycles. The van der Waals surface area contributed by atoms with Crippen molar-refractivity contribution in [1.29, 1.82) is 0 Å². The van der Waals surface area contributed by atoms with Crippen LogP contribution in [0.15, 0.2) is 0 Å². The average molecular weight is 336 g/mol. The Balaban J connectivity index is 0.000000240. The van der Waals surface area contributed by atoms with Gasteiger partial charge in [0.15, 0.2) is 0 Å². The monoisotopic (exact) mass is 336 g/mol. The number of hydrogen-bond donors (Lipinski definition) is 0. The van der Waals surface area contributed by atoms with Crippen LogP contribution in [0.3, 0.4) is 0 Å². The third-order valence-corrected chi connectivity index (χ3v) is 2.47. The van der Waals surface area contributed by atoms with Gasteiger partial charge in [0.2, 0.25) is 0 Å². The molecule has 2 aliphatic carbocycles. The second-order valence-electron chi connectivity index (χ2n) is 3.95. The molecule has 24 heavy (non-hydrogen) atoms. The van der Waals surface area contributed by atoms with Crippen molar-refractivity contribution in [3.05, 3.63) is 0 Å². The molecule has 0 amide bonds. The molecule has 0 unspecified atom stereocenters. The molecule has 2 fully saturated rings. The van der Waals surface area contributed by atoms with Crippen molar-refractivity contribution in [2.24, 2.45) is 0 Å². The summed E-state index contributed by atoms with van der Waals surface area (Å²) in [6.45, 7) is 0. The van der Waals surface area contributed by atoms with Crippen molar-refractivity contribution in [2.45, 2.75) is 0 Å². The van der Waals surface area contributed by atoms with Crippen LogP contribution in [0.2, 0.25) is 0 Å². The van der Waals surface area contributed by atoms with E-state index in [1.54, 1.807) is 0 Å². The van der Waals surface area contributed by atoms with E-state index < -0.39 is 69.4 Å². The zero-order valence-corrected chi connectivity index (χ0v) is 10.9. The maximum Gasteiger partial charge on any atom is 0.281 e. The zero-order chi connectivity index (χ0) is 18.9. The largest absolute Gasteiger partial charge is 0.281 e. The molecular weight excluding hydrogens is 336 g/mol. The van der Waals surface area contributed by atoms with Gasteiger partial charge in [-0.15, -0.1) is 0 Å². The molecule has 12 nitrogen and oxygen atoms in total. The first-order chi connectivity index (χ1) is 10.9. The van der Waals surface area contributed by atoms with E-state index in [1.807, 2.05) is 0 Å². The Hall–Kier alpha value is -3.96. The van der Waals surface area contributed by atoms with Crippen molar-refractivity contribution >= 4 is 69.4 Å². The second-order valence-corrected chi connectivity index (χ2v) is 3.95. The van der Waals surface area contributed by atoms with Crippen molar-refractivity contribution in [2.75, 3.05) is 0 Å². The lowest BCUT2D eigenvalue weighted by Gasteiger charge is -2.01. The van der Waals surface area contributed by atoms with Gasteiger partial charge in [-0.25, -0.2) is 0 Å². The van der Waals surface area contributed by atoms with Crippen LogP contribution in [0.5, 0.6) is 0 Å². The van der Waals surface area contributed by atoms with Gasteiger partial charge >= 0.3 is 0 Å². The average Bonchev–Trinajstić information content (AvgIpc) is 2.58. The number of hydrogen-bond acceptors (Lipinski definition) is 12. The molecule has 0 aromatic heterocycles. The van der Waals surface area contributed by atoms with Crippen molar-refractivity contribution in [1.82, 2.24) is 0 Å². The standard InChI is InChI=1S/2C6O6/c2*7-1-2(8)4(10)6(12)5(11)3(1)9. The van der Waals surface area contributed by atoms with Gasteiger partial charge in [-0.05, 0) is 0 Å². The third kappa shape index (κ3) is 2.70. The fourth-order valence-electron chi connectivity index (χ4n) is 1.24. The number of rotatable bonds is 0. The van der Waals surface area contributed by atoms with Crippen LogP contribution in [0.1, 0.15) is 0 Å². The van der Waals surface area contributed by atoms with Gasteiger partial charge in [-0.3, -0.25) is 57.5 Å². The number of carbonyl (C=O) groups is 12. The van der Waals surface area contributed by atoms with Crippen LogP contribution in [0, 0.1) is 0 Å². The van der Waals surface area contributed by atoms with E-state index >= 15 is 0 Å². The Bertz CT molecular complexity index is 558. The second kappa shape index (κ2) is 6.04. The molecule has 0 saturated heterocycles. The van der Waals surface area contributed by atoms with Gasteiger partial charge in [0.05, 0.1) is 0 Å². The fourth-order valence-corrected chi connectivity index (χ4v) is 1.24. The van der Waals surface area contributed by atoms with E-state index in [9.17, 15) is 57.5 Å². The summed E-state index contributed by atoms with van der Waals surface area (Å²) >= 11 is 0. The van der Waals surface area contributed by atoms with Crippen LogP contribution in [0.25, 0.3) is 0 Å². The van der Waals surface area contributed by atoms with Gasteiger partial charge in [-0.2, -0.15) is 0 Å². The zero-order valence-electron chi connectivity index (χ0n) is 10.9. The quantitative estimate of drug-likeness (QED) is 0.380. The molecule has 0 aromatic carbocycles. The Morgan fingerprint density at radius 1 is 0.167 bits per heavy atom. The van der Waals surface area contributed by atoms with E-state index in [2.05, 4.69) is 0 Å². The lowest BCUT2D eigenvalue weighted by atomic mass is 9.93. The Labute approximate surface area is 128 Å². The predicted octanol–water partition coefficient (Wildman–Crippen LogP) is -5.17. The summed E-state index contributed by atoms with van der Waals surface area (Å²) in [5.74, 6) is -20.8. The van der Waals surface area contributed by atoms with Crippen LogP contribution in [-0.4, -0.2) is 69.4 Å². The van der Waals surface area contributed by atoms with Gasteiger partial charge in [0.1, 0.15) is 0 Å². The highest BCUT2D eigenvalue weighted by Crippen LogP contribution is 1.97. The van der Waals surface area contributed by atoms with Crippen LogP contribution in [-0.2, 0) is 57.5 Å². The van der Waals surface area contributed by atoms with Crippen molar-refractivity contribution < 1.29 is 57.5 Å². The first kappa shape index (κ1) is 18.1. The maximum absolute atomic E-state index is 10.4. The molecule has 0 atom stereocenters. The molecule has 0 spiro atoms. The highest BCUT2D eigenvalue weighted by atomic mass is 16.2. The summed E-state index contributed by atoms with van der Waals surface area (Å²) in [7, 11) is 0. The molecule has 0 radical (unpaired) electrons. The summed E-state index contributed by atoms with van der Waals surface area (Å²) in [5.41, 5.74) is 0. The smallest absolute Gasteiger partial charge is 0.281 e. The molecule has 2 rings (SSSR count). The highest BCUT2D eigenvalue weighted by Gasteiger charge is 2.48. The van der Waals surface area contributed by atoms with Gasteiger partial charge in [0.25, 0.3) is 69.4 Å². The molecule has 0 bridgehead atoms. The minimum Gasteiger partial charge on any atom is -0.281 e. The normalized spacial score (nSPS) is 19.0. The number of Topliss-reactive ketones (excluding diaryl/α,β-unsaturated/α-hetero) is 12. The van der Waals surface area contributed by atoms with Crippen LogP contribution in [0.4, 0.5) is 0 Å². The molecule has 0 aliphatic heterocycles. The minimum absolute atomic E-state index is 1.73. The molecule has 2 saturated carbocycles. The van der Waals surface area contributed by atoms with Gasteiger partial charge < -0.3 is 0 Å². The van der Waals surface area contributed by atoms with E-state index in [1.165, 1.54) is 0 Å². The topological polar surface area (TPSA) is 205 Å². The fraction of sp³-hybridized carbons (Fsp3) is 0. The summed E-state index contributed by atoms with van der Waals surface area (Å²) in [5, 5.41) is 0. The Morgan fingerprint density at radius 2 is 0.208 bits per heavy atom. The molecular formula is C12O12. The molecule has 2 aliphatic rings. The molecule has 120 valence electrons. The summed E-state index contributed by atoms with van der Waals surface area (Å²) in [4.78, 5) is 125. The van der Waals surface area contributed by atoms with Gasteiger partial charge in [0, 0.05) is 0 Å². The van der Waals surface area contributed by atoms with Crippen molar-refractivity contribution in [3.63, 3.8) is 0 Å². The minimum atomic E-state index is -1.73. The first-order valence-electron chi connectivity index (χ1n) is 5.45. The van der Waals surface area contributed by atoms with Crippen LogP contribution < -0.4 is 0 Å². The lowest BCUT2D eigenvalue weighted by molar-refractivity contribution is -0.158. The molecule has 12 heteroatoms. The highest BCUT2D eigenvalue weighted by molar-refractivity contribution is 7.09. The van der Waals surface area contributed by atoms with Crippen LogP contribution >= 0.6 is 0 Å². The van der Waals surface area contributed by atoms with E-state index in [4.69, 9.17) is 0 Å². The number of ketones is 12. The molecule has 0 N–H and O–H groups in total. The predicted molar refractivity (Wildman–Crippen MR) is 60.1 cm³/mol. The Morgan fingerprint density at radius 3 is 0.250 bits per heavy atom. The maximum atomic E-state index is 10.4. The van der Waals surface area contributed by atoms with E-state index in [0.29, 0.717) is 0 Å². The van der Waals surface area contributed by atoms with Crippen molar-refractivity contribution in [3.8, 4) is 0 Å². The molecule has 0 aromatic rings. The SMILES string of the molecule is O=C1C(=O)C(=O)C(=O)C(=O)C1=O.O=C1C(=O)C(=O)C(=O)C(=O)C1=O. The van der Waals surface area contributed by atoms with E-state index in [0.717, 1.165) is 0 Å². The number of carbonyl (C=O) groups excluding carboxylic acids is 12. The summed E-state index contributed by atoms with van der Waals surface area (Å²) in [6.07, 6.45) is 0. The van der Waals surface area contributed by atoms with E-state index in [-0.39, 0.29) is 0 Å². The Kier molecular flexibility index (Phi) is 4.55. The third-order valence-electron chi connectivity index (χ3n) is 2.47.